The molecule has 0 aliphatic rings. The van der Waals surface area contributed by atoms with Gasteiger partial charge < -0.3 is 10.1 Å². The molecule has 21 heavy (non-hydrogen) atoms. The fraction of sp³-hybridized carbons (Fsp3) is 0.368. The number of rotatable bonds is 7. The molecule has 0 aromatic heterocycles. The molecule has 0 bridgehead atoms. The number of anilines is 1. The minimum atomic E-state index is 0.674. The molecule has 0 saturated carbocycles. The Labute approximate surface area is 128 Å². The van der Waals surface area contributed by atoms with Crippen molar-refractivity contribution in [3.05, 3.63) is 59.7 Å². The van der Waals surface area contributed by atoms with Gasteiger partial charge in [0.25, 0.3) is 0 Å². The van der Waals surface area contributed by atoms with Gasteiger partial charge in [0.15, 0.2) is 0 Å². The third-order valence-electron chi connectivity index (χ3n) is 3.38. The van der Waals surface area contributed by atoms with E-state index in [1.54, 1.807) is 0 Å². The van der Waals surface area contributed by atoms with Crippen LogP contribution in [0.4, 0.5) is 5.69 Å². The van der Waals surface area contributed by atoms with E-state index in [0.717, 1.165) is 31.0 Å². The van der Waals surface area contributed by atoms with E-state index in [1.165, 1.54) is 11.1 Å². The number of hydrogen-bond acceptors (Lipinski definition) is 2. The van der Waals surface area contributed by atoms with Crippen LogP contribution in [0.25, 0.3) is 0 Å². The van der Waals surface area contributed by atoms with E-state index in [4.69, 9.17) is 4.74 Å². The summed E-state index contributed by atoms with van der Waals surface area (Å²) in [6, 6.07) is 16.7. The molecule has 0 spiro atoms. The van der Waals surface area contributed by atoms with Crippen LogP contribution in [0.15, 0.2) is 48.5 Å². The minimum absolute atomic E-state index is 0.674. The van der Waals surface area contributed by atoms with E-state index in [9.17, 15) is 0 Å². The fourth-order valence-corrected chi connectivity index (χ4v) is 2.13. The van der Waals surface area contributed by atoms with Gasteiger partial charge >= 0.3 is 0 Å². The summed E-state index contributed by atoms with van der Waals surface area (Å²) in [5.41, 5.74) is 3.68. The topological polar surface area (TPSA) is 21.3 Å². The Morgan fingerprint density at radius 1 is 1.05 bits per heavy atom. The summed E-state index contributed by atoms with van der Waals surface area (Å²) in [4.78, 5) is 0. The van der Waals surface area contributed by atoms with Gasteiger partial charge in [0.05, 0.1) is 6.61 Å². The Bertz CT molecular complexity index is 563. The quantitative estimate of drug-likeness (QED) is 0.769. The van der Waals surface area contributed by atoms with E-state index in [-0.39, 0.29) is 0 Å². The van der Waals surface area contributed by atoms with Crippen LogP contribution in [0.5, 0.6) is 5.75 Å². The van der Waals surface area contributed by atoms with E-state index >= 15 is 0 Å². The summed E-state index contributed by atoms with van der Waals surface area (Å²) < 4.78 is 5.79. The largest absolute Gasteiger partial charge is 0.494 e. The van der Waals surface area contributed by atoms with Gasteiger partial charge in [0.2, 0.25) is 0 Å². The van der Waals surface area contributed by atoms with Gasteiger partial charge in [0.1, 0.15) is 5.75 Å². The molecule has 2 heteroatoms. The third kappa shape index (κ3) is 5.50. The van der Waals surface area contributed by atoms with Crippen molar-refractivity contribution in [2.45, 2.75) is 33.7 Å². The zero-order valence-electron chi connectivity index (χ0n) is 13.2. The van der Waals surface area contributed by atoms with Crippen molar-refractivity contribution in [1.29, 1.82) is 0 Å². The lowest BCUT2D eigenvalue weighted by Gasteiger charge is -2.11. The number of nitrogens with one attached hydrogen (secondary N) is 1. The molecular formula is C19H25NO. The molecule has 2 rings (SSSR count). The monoisotopic (exact) mass is 283 g/mol. The molecule has 1 N–H and O–H groups in total. The molecule has 0 unspecified atom stereocenters. The summed E-state index contributed by atoms with van der Waals surface area (Å²) in [6.45, 7) is 8.15. The van der Waals surface area contributed by atoms with Gasteiger partial charge in [-0.15, -0.1) is 0 Å². The summed E-state index contributed by atoms with van der Waals surface area (Å²) in [5.74, 6) is 1.61. The maximum absolute atomic E-state index is 5.79. The Kier molecular flexibility index (Phi) is 5.68. The molecule has 0 fully saturated rings. The highest BCUT2D eigenvalue weighted by atomic mass is 16.5. The van der Waals surface area contributed by atoms with Crippen molar-refractivity contribution < 1.29 is 4.74 Å². The van der Waals surface area contributed by atoms with Gasteiger partial charge in [-0.3, -0.25) is 0 Å². The van der Waals surface area contributed by atoms with Crippen molar-refractivity contribution in [2.24, 2.45) is 5.92 Å². The molecule has 0 atom stereocenters. The highest BCUT2D eigenvalue weighted by molar-refractivity contribution is 5.48. The van der Waals surface area contributed by atoms with Gasteiger partial charge in [-0.1, -0.05) is 49.7 Å². The van der Waals surface area contributed by atoms with E-state index in [1.807, 2.05) is 12.1 Å². The van der Waals surface area contributed by atoms with Crippen molar-refractivity contribution in [1.82, 2.24) is 0 Å². The number of aryl methyl sites for hydroxylation is 1. The smallest absolute Gasteiger partial charge is 0.121 e. The molecule has 2 aromatic rings. The molecule has 112 valence electrons. The van der Waals surface area contributed by atoms with Gasteiger partial charge in [0, 0.05) is 18.3 Å². The maximum atomic E-state index is 5.79. The van der Waals surface area contributed by atoms with Crippen LogP contribution in [0.2, 0.25) is 0 Å². The average Bonchev–Trinajstić information content (AvgIpc) is 2.45. The van der Waals surface area contributed by atoms with E-state index in [0.29, 0.717) is 5.92 Å². The molecule has 0 radical (unpaired) electrons. The molecular weight excluding hydrogens is 258 g/mol. The average molecular weight is 283 g/mol. The number of ether oxygens (including phenoxy) is 1. The minimum Gasteiger partial charge on any atom is -0.494 e. The molecule has 0 heterocycles. The first-order chi connectivity index (χ1) is 10.1. The maximum Gasteiger partial charge on any atom is 0.121 e. The third-order valence-corrected chi connectivity index (χ3v) is 3.38. The van der Waals surface area contributed by atoms with Crippen LogP contribution in [0, 0.1) is 12.8 Å². The van der Waals surface area contributed by atoms with Crippen LogP contribution in [0.3, 0.4) is 0 Å². The Morgan fingerprint density at radius 2 is 1.86 bits per heavy atom. The first kappa shape index (κ1) is 15.4. The molecule has 0 aliphatic carbocycles. The predicted molar refractivity (Wildman–Crippen MR) is 89.9 cm³/mol. The van der Waals surface area contributed by atoms with E-state index in [2.05, 4.69) is 62.5 Å². The number of hydrogen-bond donors (Lipinski definition) is 1. The van der Waals surface area contributed by atoms with Crippen LogP contribution in [-0.4, -0.2) is 6.61 Å². The SMILES string of the molecule is Cc1cccc(CNc2cccc(OCCC(C)C)c2)c1. The fourth-order valence-electron chi connectivity index (χ4n) is 2.13. The van der Waals surface area contributed by atoms with Crippen molar-refractivity contribution in [3.8, 4) is 5.75 Å². The second-order valence-corrected chi connectivity index (χ2v) is 5.90. The standard InChI is InChI=1S/C19H25NO/c1-15(2)10-11-21-19-9-5-8-18(13-19)20-14-17-7-4-6-16(3)12-17/h4-9,12-13,15,20H,10-11,14H2,1-3H3. The zero-order chi connectivity index (χ0) is 15.1. The van der Waals surface area contributed by atoms with Gasteiger partial charge in [-0.05, 0) is 37.0 Å². The Morgan fingerprint density at radius 3 is 2.62 bits per heavy atom. The van der Waals surface area contributed by atoms with Crippen LogP contribution < -0.4 is 10.1 Å². The summed E-state index contributed by atoms with van der Waals surface area (Å²) in [6.07, 6.45) is 1.08. The number of benzene rings is 2. The molecule has 2 nitrogen and oxygen atoms in total. The van der Waals surface area contributed by atoms with Crippen LogP contribution >= 0.6 is 0 Å². The first-order valence-corrected chi connectivity index (χ1v) is 7.66. The molecule has 0 aliphatic heterocycles. The second-order valence-electron chi connectivity index (χ2n) is 5.90. The molecule has 0 amide bonds. The van der Waals surface area contributed by atoms with Crippen molar-refractivity contribution in [3.63, 3.8) is 0 Å². The molecule has 2 aromatic carbocycles. The van der Waals surface area contributed by atoms with Crippen molar-refractivity contribution >= 4 is 5.69 Å². The summed E-state index contributed by atoms with van der Waals surface area (Å²) in [5, 5.41) is 3.45. The Hall–Kier alpha value is -1.96. The highest BCUT2D eigenvalue weighted by Crippen LogP contribution is 2.19. The lowest BCUT2D eigenvalue weighted by molar-refractivity contribution is 0.289. The normalized spacial score (nSPS) is 10.7. The van der Waals surface area contributed by atoms with Crippen molar-refractivity contribution in [2.75, 3.05) is 11.9 Å². The molecule has 0 saturated heterocycles. The van der Waals surface area contributed by atoms with Crippen LogP contribution in [-0.2, 0) is 6.54 Å². The second kappa shape index (κ2) is 7.72. The van der Waals surface area contributed by atoms with E-state index < -0.39 is 0 Å². The highest BCUT2D eigenvalue weighted by Gasteiger charge is 1.99. The first-order valence-electron chi connectivity index (χ1n) is 7.66. The Balaban J connectivity index is 1.88. The lowest BCUT2D eigenvalue weighted by Crippen LogP contribution is -2.03. The van der Waals surface area contributed by atoms with Gasteiger partial charge in [-0.25, -0.2) is 0 Å². The predicted octanol–water partition coefficient (Wildman–Crippen LogP) is 5.03. The van der Waals surface area contributed by atoms with Gasteiger partial charge in [-0.2, -0.15) is 0 Å². The zero-order valence-corrected chi connectivity index (χ0v) is 13.2. The lowest BCUT2D eigenvalue weighted by atomic mass is 10.1. The summed E-state index contributed by atoms with van der Waals surface area (Å²) >= 11 is 0. The van der Waals surface area contributed by atoms with Crippen LogP contribution in [0.1, 0.15) is 31.4 Å². The summed E-state index contributed by atoms with van der Waals surface area (Å²) in [7, 11) is 0.